The Labute approximate surface area is 156 Å². The van der Waals surface area contributed by atoms with Crippen LogP contribution in [0.3, 0.4) is 0 Å². The number of rotatable bonds is 6. The largest absolute Gasteiger partial charge is 0.204 e. The molecule has 0 heterocycles. The van der Waals surface area contributed by atoms with E-state index in [-0.39, 0.29) is 5.92 Å². The summed E-state index contributed by atoms with van der Waals surface area (Å²) in [5, 5.41) is 0. The van der Waals surface area contributed by atoms with Crippen molar-refractivity contribution in [2.45, 2.75) is 89.9 Å². The lowest BCUT2D eigenvalue weighted by Crippen LogP contribution is -2.25. The predicted octanol–water partition coefficient (Wildman–Crippen LogP) is 7.76. The van der Waals surface area contributed by atoms with Gasteiger partial charge in [0.15, 0.2) is 17.5 Å². The monoisotopic (exact) mass is 366 g/mol. The first-order valence-electron chi connectivity index (χ1n) is 10.7. The van der Waals surface area contributed by atoms with Gasteiger partial charge in [0.05, 0.1) is 0 Å². The molecule has 3 heteroatoms. The summed E-state index contributed by atoms with van der Waals surface area (Å²) in [5.41, 5.74) is 0.638. The molecular weight excluding hydrogens is 333 g/mol. The number of unbranched alkanes of at least 4 members (excludes halogenated alkanes) is 2. The normalized spacial score (nSPS) is 29.7. The minimum absolute atomic E-state index is 0.182. The minimum Gasteiger partial charge on any atom is -0.204 e. The maximum absolute atomic E-state index is 13.5. The standard InChI is InChI=1S/C23H33F3/c1-2-3-4-5-16-6-8-17(9-7-16)18-10-12-19(13-11-18)20-14-21(24)23(26)22(25)15-20/h14-19H,2-13H2,1H3/t16-,17-,18-,19-. The number of halogens is 3. The van der Waals surface area contributed by atoms with E-state index in [0.717, 1.165) is 43.4 Å². The third-order valence-electron chi connectivity index (χ3n) is 7.02. The molecule has 1 aromatic carbocycles. The van der Waals surface area contributed by atoms with Crippen LogP contribution in [0.5, 0.6) is 0 Å². The summed E-state index contributed by atoms with van der Waals surface area (Å²) in [5.74, 6) is -0.705. The molecule has 2 saturated carbocycles. The van der Waals surface area contributed by atoms with E-state index in [1.54, 1.807) is 0 Å². The summed E-state index contributed by atoms with van der Waals surface area (Å²) >= 11 is 0. The Bertz CT molecular complexity index is 544. The summed E-state index contributed by atoms with van der Waals surface area (Å²) in [4.78, 5) is 0. The second kappa shape index (κ2) is 9.28. The lowest BCUT2D eigenvalue weighted by Gasteiger charge is -2.38. The van der Waals surface area contributed by atoms with Gasteiger partial charge >= 0.3 is 0 Å². The van der Waals surface area contributed by atoms with Gasteiger partial charge in [0.1, 0.15) is 0 Å². The average Bonchev–Trinajstić information content (AvgIpc) is 2.67. The summed E-state index contributed by atoms with van der Waals surface area (Å²) in [6.45, 7) is 2.27. The van der Waals surface area contributed by atoms with E-state index in [0.29, 0.717) is 5.56 Å². The van der Waals surface area contributed by atoms with Crippen molar-refractivity contribution in [3.8, 4) is 0 Å². The topological polar surface area (TPSA) is 0 Å². The third-order valence-corrected chi connectivity index (χ3v) is 7.02. The molecule has 0 atom stereocenters. The third kappa shape index (κ3) is 4.84. The molecule has 0 amide bonds. The van der Waals surface area contributed by atoms with E-state index >= 15 is 0 Å². The van der Waals surface area contributed by atoms with Crippen LogP contribution in [0.2, 0.25) is 0 Å². The van der Waals surface area contributed by atoms with E-state index in [4.69, 9.17) is 0 Å². The first-order chi connectivity index (χ1) is 12.6. The Kier molecular flexibility index (Phi) is 7.05. The Morgan fingerprint density at radius 3 is 1.85 bits per heavy atom. The van der Waals surface area contributed by atoms with Gasteiger partial charge in [-0.15, -0.1) is 0 Å². The molecule has 0 N–H and O–H groups in total. The van der Waals surface area contributed by atoms with Gasteiger partial charge < -0.3 is 0 Å². The number of hydrogen-bond acceptors (Lipinski definition) is 0. The van der Waals surface area contributed by atoms with Crippen LogP contribution >= 0.6 is 0 Å². The molecule has 26 heavy (non-hydrogen) atoms. The lowest BCUT2D eigenvalue weighted by atomic mass is 9.68. The Morgan fingerprint density at radius 1 is 0.769 bits per heavy atom. The zero-order valence-corrected chi connectivity index (χ0v) is 16.1. The highest BCUT2D eigenvalue weighted by molar-refractivity contribution is 5.23. The zero-order chi connectivity index (χ0) is 18.5. The molecular formula is C23H33F3. The minimum atomic E-state index is -1.35. The smallest absolute Gasteiger partial charge is 0.194 e. The van der Waals surface area contributed by atoms with Crippen molar-refractivity contribution in [1.29, 1.82) is 0 Å². The van der Waals surface area contributed by atoms with Crippen LogP contribution < -0.4 is 0 Å². The second-order valence-corrected chi connectivity index (χ2v) is 8.69. The summed E-state index contributed by atoms with van der Waals surface area (Å²) in [6, 6.07) is 2.40. The Hall–Kier alpha value is -0.990. The lowest BCUT2D eigenvalue weighted by molar-refractivity contribution is 0.155. The van der Waals surface area contributed by atoms with Crippen molar-refractivity contribution < 1.29 is 13.2 Å². The quantitative estimate of drug-likeness (QED) is 0.356. The van der Waals surface area contributed by atoms with Crippen LogP contribution in [0.4, 0.5) is 13.2 Å². The predicted molar refractivity (Wildman–Crippen MR) is 101 cm³/mol. The van der Waals surface area contributed by atoms with E-state index < -0.39 is 17.5 Å². The Morgan fingerprint density at radius 2 is 1.31 bits per heavy atom. The molecule has 0 nitrogen and oxygen atoms in total. The number of benzene rings is 1. The van der Waals surface area contributed by atoms with Gasteiger partial charge in [0, 0.05) is 0 Å². The molecule has 0 spiro atoms. The Balaban J connectivity index is 1.46. The maximum atomic E-state index is 13.5. The molecule has 0 radical (unpaired) electrons. The van der Waals surface area contributed by atoms with Gasteiger partial charge in [0.25, 0.3) is 0 Å². The van der Waals surface area contributed by atoms with Crippen molar-refractivity contribution in [1.82, 2.24) is 0 Å². The molecule has 0 aromatic heterocycles. The van der Waals surface area contributed by atoms with E-state index in [9.17, 15) is 13.2 Å². The first kappa shape index (κ1) is 19.8. The van der Waals surface area contributed by atoms with Crippen LogP contribution in [0, 0.1) is 35.2 Å². The van der Waals surface area contributed by atoms with E-state index in [2.05, 4.69) is 6.92 Å². The van der Waals surface area contributed by atoms with Gasteiger partial charge in [-0.1, -0.05) is 45.4 Å². The highest BCUT2D eigenvalue weighted by atomic mass is 19.2. The zero-order valence-electron chi connectivity index (χ0n) is 16.1. The van der Waals surface area contributed by atoms with Crippen LogP contribution in [0.15, 0.2) is 12.1 Å². The molecule has 0 aliphatic heterocycles. The van der Waals surface area contributed by atoms with E-state index in [1.807, 2.05) is 0 Å². The van der Waals surface area contributed by atoms with Crippen molar-refractivity contribution in [3.63, 3.8) is 0 Å². The molecule has 2 fully saturated rings. The summed E-state index contributed by atoms with van der Waals surface area (Å²) in [6.07, 6.45) is 15.2. The fourth-order valence-corrected chi connectivity index (χ4v) is 5.37. The van der Waals surface area contributed by atoms with Crippen molar-refractivity contribution >= 4 is 0 Å². The maximum Gasteiger partial charge on any atom is 0.194 e. The molecule has 146 valence electrons. The van der Waals surface area contributed by atoms with Crippen LogP contribution in [-0.4, -0.2) is 0 Å². The molecule has 2 aliphatic carbocycles. The van der Waals surface area contributed by atoms with Crippen molar-refractivity contribution in [2.24, 2.45) is 17.8 Å². The van der Waals surface area contributed by atoms with Gasteiger partial charge in [-0.3, -0.25) is 0 Å². The summed E-state index contributed by atoms with van der Waals surface area (Å²) in [7, 11) is 0. The number of hydrogen-bond donors (Lipinski definition) is 0. The van der Waals surface area contributed by atoms with Gasteiger partial charge in [-0.2, -0.15) is 0 Å². The van der Waals surface area contributed by atoms with Crippen LogP contribution in [-0.2, 0) is 0 Å². The molecule has 2 aliphatic rings. The fourth-order valence-electron chi connectivity index (χ4n) is 5.37. The van der Waals surface area contributed by atoms with E-state index in [1.165, 1.54) is 63.5 Å². The molecule has 3 rings (SSSR count). The molecule has 0 saturated heterocycles. The van der Waals surface area contributed by atoms with Gasteiger partial charge in [-0.05, 0) is 79.9 Å². The second-order valence-electron chi connectivity index (χ2n) is 8.69. The SMILES string of the molecule is CCCCC[C@H]1CC[C@H]([C@H]2CC[C@H](c3cc(F)c(F)c(F)c3)CC2)CC1. The highest BCUT2D eigenvalue weighted by Gasteiger charge is 2.31. The highest BCUT2D eigenvalue weighted by Crippen LogP contribution is 2.44. The van der Waals surface area contributed by atoms with Crippen molar-refractivity contribution in [3.05, 3.63) is 35.1 Å². The fraction of sp³-hybridized carbons (Fsp3) is 0.739. The van der Waals surface area contributed by atoms with Gasteiger partial charge in [0.2, 0.25) is 0 Å². The molecule has 0 bridgehead atoms. The molecule has 0 unspecified atom stereocenters. The summed E-state index contributed by atoms with van der Waals surface area (Å²) < 4.78 is 40.2. The average molecular weight is 367 g/mol. The first-order valence-corrected chi connectivity index (χ1v) is 10.7. The van der Waals surface area contributed by atoms with Crippen LogP contribution in [0.25, 0.3) is 0 Å². The van der Waals surface area contributed by atoms with Gasteiger partial charge in [-0.25, -0.2) is 13.2 Å². The van der Waals surface area contributed by atoms with Crippen LogP contribution in [0.1, 0.15) is 95.5 Å². The molecule has 1 aromatic rings. The van der Waals surface area contributed by atoms with Crippen molar-refractivity contribution in [2.75, 3.05) is 0 Å².